The van der Waals surface area contributed by atoms with Crippen LogP contribution in [0.15, 0.2) is 28.1 Å². The quantitative estimate of drug-likeness (QED) is 0.613. The van der Waals surface area contributed by atoms with E-state index in [-0.39, 0.29) is 6.04 Å². The Balaban J connectivity index is 2.48. The SMILES string of the molecule is CCNC(c1cc(C)c(Br)s1)c1cccc(C)c1I. The Morgan fingerprint density at radius 2 is 2.05 bits per heavy atom. The van der Waals surface area contributed by atoms with Crippen LogP contribution in [0, 0.1) is 17.4 Å². The van der Waals surface area contributed by atoms with Gasteiger partial charge >= 0.3 is 0 Å². The highest BCUT2D eigenvalue weighted by Crippen LogP contribution is 2.36. The molecule has 1 heterocycles. The smallest absolute Gasteiger partial charge is 0.0731 e. The van der Waals surface area contributed by atoms with Crippen molar-refractivity contribution in [2.24, 2.45) is 0 Å². The number of halogens is 2. The fourth-order valence-electron chi connectivity index (χ4n) is 2.09. The van der Waals surface area contributed by atoms with Crippen LogP contribution in [0.3, 0.4) is 0 Å². The standard InChI is InChI=1S/C15H17BrINS/c1-4-18-14(12-8-10(3)15(16)19-12)11-7-5-6-9(2)13(11)17/h5-8,14,18H,4H2,1-3H3. The van der Waals surface area contributed by atoms with Crippen LogP contribution in [0.5, 0.6) is 0 Å². The maximum absolute atomic E-state index is 3.63. The van der Waals surface area contributed by atoms with Gasteiger partial charge in [0.1, 0.15) is 0 Å². The monoisotopic (exact) mass is 449 g/mol. The third kappa shape index (κ3) is 3.40. The number of aryl methyl sites for hydroxylation is 2. The molecule has 0 aliphatic heterocycles. The molecule has 0 saturated heterocycles. The van der Waals surface area contributed by atoms with E-state index in [4.69, 9.17) is 0 Å². The predicted octanol–water partition coefficient (Wildman–Crippen LogP) is 5.43. The van der Waals surface area contributed by atoms with Gasteiger partial charge in [0.25, 0.3) is 0 Å². The molecular weight excluding hydrogens is 433 g/mol. The van der Waals surface area contributed by atoms with Crippen molar-refractivity contribution in [1.29, 1.82) is 0 Å². The highest BCUT2D eigenvalue weighted by molar-refractivity contribution is 14.1. The van der Waals surface area contributed by atoms with Crippen molar-refractivity contribution in [3.8, 4) is 0 Å². The largest absolute Gasteiger partial charge is 0.306 e. The average Bonchev–Trinajstić information content (AvgIpc) is 2.70. The average molecular weight is 450 g/mol. The molecule has 0 saturated carbocycles. The molecule has 0 amide bonds. The zero-order valence-corrected chi connectivity index (χ0v) is 15.8. The minimum atomic E-state index is 0.284. The van der Waals surface area contributed by atoms with Gasteiger partial charge < -0.3 is 5.32 Å². The summed E-state index contributed by atoms with van der Waals surface area (Å²) in [5, 5.41) is 3.61. The molecule has 0 aliphatic carbocycles. The lowest BCUT2D eigenvalue weighted by Gasteiger charge is -2.19. The second-order valence-corrected chi connectivity index (χ2v) is 8.05. The van der Waals surface area contributed by atoms with Crippen molar-refractivity contribution in [2.45, 2.75) is 26.8 Å². The lowest BCUT2D eigenvalue weighted by atomic mass is 10.0. The Bertz CT molecular complexity index is 560. The molecule has 4 heteroatoms. The summed E-state index contributed by atoms with van der Waals surface area (Å²) < 4.78 is 2.58. The summed E-state index contributed by atoms with van der Waals surface area (Å²) in [5.74, 6) is 0. The number of rotatable bonds is 4. The lowest BCUT2D eigenvalue weighted by Crippen LogP contribution is -2.22. The molecule has 2 aromatic rings. The fourth-order valence-corrected chi connectivity index (χ4v) is 4.42. The van der Waals surface area contributed by atoms with E-state index in [2.05, 4.69) is 88.9 Å². The molecule has 0 spiro atoms. The topological polar surface area (TPSA) is 12.0 Å². The fraction of sp³-hybridized carbons (Fsp3) is 0.333. The summed E-state index contributed by atoms with van der Waals surface area (Å²) in [6.45, 7) is 7.44. The van der Waals surface area contributed by atoms with Crippen LogP contribution in [-0.2, 0) is 0 Å². The van der Waals surface area contributed by atoms with Crippen LogP contribution in [-0.4, -0.2) is 6.54 Å². The lowest BCUT2D eigenvalue weighted by molar-refractivity contribution is 0.636. The normalized spacial score (nSPS) is 12.7. The van der Waals surface area contributed by atoms with Crippen molar-refractivity contribution < 1.29 is 0 Å². The molecule has 19 heavy (non-hydrogen) atoms. The van der Waals surface area contributed by atoms with Crippen LogP contribution in [0.4, 0.5) is 0 Å². The van der Waals surface area contributed by atoms with Gasteiger partial charge in [-0.1, -0.05) is 25.1 Å². The van der Waals surface area contributed by atoms with Crippen LogP contribution in [0.2, 0.25) is 0 Å². The first-order valence-corrected chi connectivity index (χ1v) is 8.97. The molecule has 1 atom stereocenters. The molecular formula is C15H17BrINS. The van der Waals surface area contributed by atoms with Gasteiger partial charge in [-0.2, -0.15) is 0 Å². The molecule has 0 radical (unpaired) electrons. The summed E-state index contributed by atoms with van der Waals surface area (Å²) in [6.07, 6.45) is 0. The first-order valence-electron chi connectivity index (χ1n) is 6.28. The second kappa shape index (κ2) is 6.70. The van der Waals surface area contributed by atoms with Gasteiger partial charge in [0.05, 0.1) is 9.83 Å². The van der Waals surface area contributed by atoms with E-state index >= 15 is 0 Å². The second-order valence-electron chi connectivity index (χ2n) is 4.57. The molecule has 1 unspecified atom stereocenters. The molecule has 1 N–H and O–H groups in total. The molecule has 1 aromatic carbocycles. The number of hydrogen-bond donors (Lipinski definition) is 1. The summed E-state index contributed by atoms with van der Waals surface area (Å²) in [4.78, 5) is 1.37. The van der Waals surface area contributed by atoms with Gasteiger partial charge in [-0.25, -0.2) is 0 Å². The first kappa shape index (κ1) is 15.5. The maximum Gasteiger partial charge on any atom is 0.0731 e. The van der Waals surface area contributed by atoms with Gasteiger partial charge in [0.2, 0.25) is 0 Å². The number of benzene rings is 1. The Kier molecular flexibility index (Phi) is 5.45. The van der Waals surface area contributed by atoms with E-state index in [9.17, 15) is 0 Å². The Morgan fingerprint density at radius 1 is 1.32 bits per heavy atom. The van der Waals surface area contributed by atoms with Crippen LogP contribution in [0.1, 0.15) is 34.5 Å². The summed E-state index contributed by atoms with van der Waals surface area (Å²) >= 11 is 7.91. The molecule has 1 nitrogen and oxygen atoms in total. The van der Waals surface area contributed by atoms with Crippen molar-refractivity contribution >= 4 is 49.9 Å². The Morgan fingerprint density at radius 3 is 2.63 bits per heavy atom. The van der Waals surface area contributed by atoms with E-state index in [1.54, 1.807) is 0 Å². The van der Waals surface area contributed by atoms with Crippen molar-refractivity contribution in [3.05, 3.63) is 53.2 Å². The van der Waals surface area contributed by atoms with Crippen molar-refractivity contribution in [3.63, 3.8) is 0 Å². The van der Waals surface area contributed by atoms with Crippen LogP contribution in [0.25, 0.3) is 0 Å². The van der Waals surface area contributed by atoms with Gasteiger partial charge in [-0.3, -0.25) is 0 Å². The number of hydrogen-bond acceptors (Lipinski definition) is 2. The first-order chi connectivity index (χ1) is 9.04. The van der Waals surface area contributed by atoms with E-state index < -0.39 is 0 Å². The minimum absolute atomic E-state index is 0.284. The third-order valence-corrected chi connectivity index (χ3v) is 6.78. The Labute approximate surface area is 141 Å². The van der Waals surface area contributed by atoms with Crippen LogP contribution >= 0.6 is 49.9 Å². The van der Waals surface area contributed by atoms with Crippen molar-refractivity contribution in [1.82, 2.24) is 5.32 Å². The van der Waals surface area contributed by atoms with Crippen molar-refractivity contribution in [2.75, 3.05) is 6.54 Å². The number of nitrogens with one attached hydrogen (secondary N) is 1. The minimum Gasteiger partial charge on any atom is -0.306 e. The van der Waals surface area contributed by atoms with E-state index in [0.29, 0.717) is 0 Å². The molecule has 0 aliphatic rings. The van der Waals surface area contributed by atoms with E-state index in [1.807, 2.05) is 11.3 Å². The molecule has 0 fully saturated rings. The molecule has 2 rings (SSSR count). The zero-order chi connectivity index (χ0) is 14.0. The Hall–Kier alpha value is 0.0900. The predicted molar refractivity (Wildman–Crippen MR) is 96.2 cm³/mol. The molecule has 0 bridgehead atoms. The maximum atomic E-state index is 3.63. The third-order valence-electron chi connectivity index (χ3n) is 3.10. The zero-order valence-electron chi connectivity index (χ0n) is 11.3. The van der Waals surface area contributed by atoms with Gasteiger partial charge in [0.15, 0.2) is 0 Å². The number of thiophene rings is 1. The van der Waals surface area contributed by atoms with Gasteiger partial charge in [0, 0.05) is 8.45 Å². The highest BCUT2D eigenvalue weighted by Gasteiger charge is 2.19. The molecule has 1 aromatic heterocycles. The summed E-state index contributed by atoms with van der Waals surface area (Å²) in [7, 11) is 0. The summed E-state index contributed by atoms with van der Waals surface area (Å²) in [6, 6.07) is 9.11. The summed E-state index contributed by atoms with van der Waals surface area (Å²) in [5.41, 5.74) is 4.02. The van der Waals surface area contributed by atoms with Gasteiger partial charge in [-0.15, -0.1) is 11.3 Å². The van der Waals surface area contributed by atoms with E-state index in [1.165, 1.54) is 28.9 Å². The highest BCUT2D eigenvalue weighted by atomic mass is 127. The van der Waals surface area contributed by atoms with E-state index in [0.717, 1.165) is 6.54 Å². The molecule has 102 valence electrons. The van der Waals surface area contributed by atoms with Gasteiger partial charge in [-0.05, 0) is 81.7 Å². The van der Waals surface area contributed by atoms with Crippen LogP contribution < -0.4 is 5.32 Å².